The molecule has 1 aromatic carbocycles. The molecule has 0 spiro atoms. The fraction of sp³-hybridized carbons (Fsp3) is 0.467. The number of benzene rings is 1. The highest BCUT2D eigenvalue weighted by molar-refractivity contribution is 5.66. The minimum absolute atomic E-state index is 0.0658. The first-order valence-corrected chi connectivity index (χ1v) is 6.65. The molecule has 0 saturated carbocycles. The summed E-state index contributed by atoms with van der Waals surface area (Å²) in [4.78, 5) is 4.48. The maximum Gasteiger partial charge on any atom is 0.164 e. The Kier molecular flexibility index (Phi) is 3.81. The second kappa shape index (κ2) is 5.25. The molecular formula is C15H22N4O. The Hall–Kier alpha value is -1.88. The van der Waals surface area contributed by atoms with Crippen molar-refractivity contribution in [2.45, 2.75) is 32.7 Å². The number of nitrogens with zero attached hydrogens (tertiary/aromatic N) is 3. The van der Waals surface area contributed by atoms with Gasteiger partial charge in [-0.3, -0.25) is 0 Å². The van der Waals surface area contributed by atoms with Crippen LogP contribution >= 0.6 is 0 Å². The van der Waals surface area contributed by atoms with E-state index < -0.39 is 0 Å². The Morgan fingerprint density at radius 2 is 2.00 bits per heavy atom. The molecule has 1 heterocycles. The molecule has 0 amide bonds. The first-order valence-electron chi connectivity index (χ1n) is 6.65. The highest BCUT2D eigenvalue weighted by Crippen LogP contribution is 2.33. The largest absolute Gasteiger partial charge is 0.496 e. The minimum Gasteiger partial charge on any atom is -0.496 e. The highest BCUT2D eigenvalue weighted by Gasteiger charge is 2.19. The van der Waals surface area contributed by atoms with Crippen molar-refractivity contribution in [3.8, 4) is 17.1 Å². The van der Waals surface area contributed by atoms with E-state index in [4.69, 9.17) is 10.5 Å². The van der Waals surface area contributed by atoms with Crippen molar-refractivity contribution >= 4 is 0 Å². The van der Waals surface area contributed by atoms with Crippen LogP contribution in [0.4, 0.5) is 0 Å². The smallest absolute Gasteiger partial charge is 0.164 e. The molecule has 0 aliphatic carbocycles. The molecule has 1 aromatic heterocycles. The Labute approximate surface area is 119 Å². The molecule has 5 heteroatoms. The minimum atomic E-state index is 0.0658. The van der Waals surface area contributed by atoms with Crippen molar-refractivity contribution in [3.05, 3.63) is 29.6 Å². The van der Waals surface area contributed by atoms with Crippen LogP contribution in [0.2, 0.25) is 0 Å². The van der Waals surface area contributed by atoms with E-state index in [1.54, 1.807) is 11.8 Å². The molecule has 5 nitrogen and oxygen atoms in total. The second-order valence-electron chi connectivity index (χ2n) is 5.84. The average Bonchev–Trinajstić information content (AvgIpc) is 2.78. The lowest BCUT2D eigenvalue weighted by atomic mass is 9.86. The summed E-state index contributed by atoms with van der Waals surface area (Å²) >= 11 is 0. The number of ether oxygens (including phenoxy) is 1. The zero-order chi connectivity index (χ0) is 14.9. The number of aromatic nitrogens is 3. The molecule has 0 unspecified atom stereocenters. The topological polar surface area (TPSA) is 66.0 Å². The van der Waals surface area contributed by atoms with Gasteiger partial charge in [0.15, 0.2) is 11.6 Å². The number of nitrogens with two attached hydrogens (primary N) is 1. The predicted octanol–water partition coefficient (Wildman–Crippen LogP) is 2.25. The van der Waals surface area contributed by atoms with Gasteiger partial charge in [-0.1, -0.05) is 26.8 Å². The van der Waals surface area contributed by atoms with Gasteiger partial charge in [0.05, 0.1) is 19.2 Å². The molecular weight excluding hydrogens is 252 g/mol. The van der Waals surface area contributed by atoms with Gasteiger partial charge in [0.2, 0.25) is 0 Å². The number of hydrogen-bond acceptors (Lipinski definition) is 4. The maximum atomic E-state index is 5.61. The Balaban J connectivity index is 2.61. The monoisotopic (exact) mass is 274 g/mol. The van der Waals surface area contributed by atoms with E-state index in [-0.39, 0.29) is 5.41 Å². The first-order chi connectivity index (χ1) is 9.36. The van der Waals surface area contributed by atoms with E-state index in [1.807, 2.05) is 13.1 Å². The van der Waals surface area contributed by atoms with Crippen molar-refractivity contribution in [1.29, 1.82) is 0 Å². The predicted molar refractivity (Wildman–Crippen MR) is 79.6 cm³/mol. The summed E-state index contributed by atoms with van der Waals surface area (Å²) in [6.07, 6.45) is 0. The van der Waals surface area contributed by atoms with Gasteiger partial charge in [-0.05, 0) is 23.1 Å². The third-order valence-corrected chi connectivity index (χ3v) is 3.30. The second-order valence-corrected chi connectivity index (χ2v) is 5.84. The Bertz CT molecular complexity index is 611. The molecule has 0 bridgehead atoms. The summed E-state index contributed by atoms with van der Waals surface area (Å²) in [6, 6.07) is 6.18. The first kappa shape index (κ1) is 14.5. The van der Waals surface area contributed by atoms with Gasteiger partial charge in [0.25, 0.3) is 0 Å². The lowest BCUT2D eigenvalue weighted by Crippen LogP contribution is -2.11. The molecule has 2 aromatic rings. The lowest BCUT2D eigenvalue weighted by molar-refractivity contribution is 0.415. The van der Waals surface area contributed by atoms with Gasteiger partial charge >= 0.3 is 0 Å². The fourth-order valence-electron chi connectivity index (χ4n) is 2.11. The molecule has 0 saturated heterocycles. The quantitative estimate of drug-likeness (QED) is 0.932. The van der Waals surface area contributed by atoms with Gasteiger partial charge in [-0.15, -0.1) is 0 Å². The number of methoxy groups -OCH3 is 1. The Morgan fingerprint density at radius 1 is 1.30 bits per heavy atom. The van der Waals surface area contributed by atoms with E-state index in [2.05, 4.69) is 43.0 Å². The molecule has 2 N–H and O–H groups in total. The molecule has 0 fully saturated rings. The van der Waals surface area contributed by atoms with Crippen molar-refractivity contribution < 1.29 is 4.74 Å². The van der Waals surface area contributed by atoms with Crippen molar-refractivity contribution in [1.82, 2.24) is 14.8 Å². The average molecular weight is 274 g/mol. The molecule has 20 heavy (non-hydrogen) atoms. The van der Waals surface area contributed by atoms with Gasteiger partial charge in [-0.25, -0.2) is 9.67 Å². The van der Waals surface area contributed by atoms with Gasteiger partial charge in [0, 0.05) is 7.05 Å². The van der Waals surface area contributed by atoms with Crippen LogP contribution in [0.3, 0.4) is 0 Å². The van der Waals surface area contributed by atoms with Crippen LogP contribution in [-0.2, 0) is 19.0 Å². The maximum absolute atomic E-state index is 5.61. The molecule has 108 valence electrons. The zero-order valence-electron chi connectivity index (χ0n) is 12.8. The van der Waals surface area contributed by atoms with Crippen molar-refractivity contribution in [3.63, 3.8) is 0 Å². The zero-order valence-corrected chi connectivity index (χ0v) is 12.8. The number of hydrogen-bond donors (Lipinski definition) is 1. The third-order valence-electron chi connectivity index (χ3n) is 3.30. The third kappa shape index (κ3) is 2.67. The molecule has 0 radical (unpaired) electrons. The number of aryl methyl sites for hydroxylation is 1. The lowest BCUT2D eigenvalue weighted by Gasteiger charge is -2.20. The summed E-state index contributed by atoms with van der Waals surface area (Å²) in [6.45, 7) is 6.87. The molecule has 0 atom stereocenters. The summed E-state index contributed by atoms with van der Waals surface area (Å²) in [7, 11) is 3.53. The molecule has 0 aliphatic rings. The van der Waals surface area contributed by atoms with Crippen LogP contribution in [0.25, 0.3) is 11.4 Å². The molecule has 2 rings (SSSR count). The van der Waals surface area contributed by atoms with E-state index in [1.165, 1.54) is 5.56 Å². The number of rotatable bonds is 3. The Morgan fingerprint density at radius 3 is 2.50 bits per heavy atom. The summed E-state index contributed by atoms with van der Waals surface area (Å²) in [5.74, 6) is 2.19. The van der Waals surface area contributed by atoms with Gasteiger partial charge in [-0.2, -0.15) is 5.10 Å². The van der Waals surface area contributed by atoms with E-state index >= 15 is 0 Å². The van der Waals surface area contributed by atoms with Gasteiger partial charge < -0.3 is 10.5 Å². The summed E-state index contributed by atoms with van der Waals surface area (Å²) < 4.78 is 7.20. The van der Waals surface area contributed by atoms with Crippen LogP contribution in [0.1, 0.15) is 32.2 Å². The van der Waals surface area contributed by atoms with Crippen LogP contribution in [-0.4, -0.2) is 21.9 Å². The van der Waals surface area contributed by atoms with Crippen molar-refractivity contribution in [2.75, 3.05) is 7.11 Å². The summed E-state index contributed by atoms with van der Waals surface area (Å²) in [5.41, 5.74) is 7.84. The highest BCUT2D eigenvalue weighted by atomic mass is 16.5. The van der Waals surface area contributed by atoms with Crippen molar-refractivity contribution in [2.24, 2.45) is 12.8 Å². The van der Waals surface area contributed by atoms with Crippen LogP contribution in [0.15, 0.2) is 18.2 Å². The van der Waals surface area contributed by atoms with E-state index in [0.717, 1.165) is 17.1 Å². The van der Waals surface area contributed by atoms with Crippen LogP contribution in [0.5, 0.6) is 5.75 Å². The van der Waals surface area contributed by atoms with Crippen LogP contribution < -0.4 is 10.5 Å². The standard InChI is InChI=1S/C15H22N4O/c1-15(2,3)10-6-7-12(20-5)11(8-10)14-17-13(9-16)18-19(14)4/h6-8H,9,16H2,1-5H3. The molecule has 0 aliphatic heterocycles. The summed E-state index contributed by atoms with van der Waals surface area (Å²) in [5, 5.41) is 4.30. The SMILES string of the molecule is COc1ccc(C(C)(C)C)cc1-c1nc(CN)nn1C. The normalized spacial score (nSPS) is 11.7. The fourth-order valence-corrected chi connectivity index (χ4v) is 2.11. The van der Waals surface area contributed by atoms with Gasteiger partial charge in [0.1, 0.15) is 5.75 Å². The van der Waals surface area contributed by atoms with Crippen LogP contribution in [0, 0.1) is 0 Å². The van der Waals surface area contributed by atoms with E-state index in [9.17, 15) is 0 Å². The van der Waals surface area contributed by atoms with E-state index in [0.29, 0.717) is 12.4 Å².